The van der Waals surface area contributed by atoms with E-state index in [9.17, 15) is 13.2 Å². The second-order valence-corrected chi connectivity index (χ2v) is 9.95. The molecule has 30 heavy (non-hydrogen) atoms. The fraction of sp³-hybridized carbons (Fsp3) is 0.353. The van der Waals surface area contributed by atoms with Gasteiger partial charge in [-0.25, -0.2) is 8.42 Å². The maximum Gasteiger partial charge on any atom is 0.236 e. The minimum absolute atomic E-state index is 0.163. The molecule has 2 heterocycles. The van der Waals surface area contributed by atoms with E-state index in [1.807, 2.05) is 18.4 Å². The van der Waals surface area contributed by atoms with Gasteiger partial charge in [-0.05, 0) is 37.6 Å². The number of aryl methyl sites for hydroxylation is 1. The average molecular weight is 468 g/mol. The van der Waals surface area contributed by atoms with Crippen LogP contribution in [0.4, 0.5) is 10.8 Å². The number of hydrogen-bond donors (Lipinski definition) is 2. The number of benzene rings is 1. The van der Waals surface area contributed by atoms with Gasteiger partial charge in [0.05, 0.1) is 12.0 Å². The van der Waals surface area contributed by atoms with Gasteiger partial charge >= 0.3 is 0 Å². The number of nitrogens with zero attached hydrogens (tertiary/aromatic N) is 5. The fourth-order valence-electron chi connectivity index (χ4n) is 2.53. The quantitative estimate of drug-likeness (QED) is 0.459. The molecule has 0 unspecified atom stereocenters. The molecule has 0 fully saturated rings. The van der Waals surface area contributed by atoms with Gasteiger partial charge in [0.25, 0.3) is 0 Å². The number of nitrogens with one attached hydrogen (secondary N) is 2. The molecule has 0 aliphatic rings. The molecule has 3 aromatic rings. The summed E-state index contributed by atoms with van der Waals surface area (Å²) in [6.07, 6.45) is 1.87. The molecule has 2 aromatic heterocycles. The van der Waals surface area contributed by atoms with Crippen molar-refractivity contribution in [2.24, 2.45) is 0 Å². The largest absolute Gasteiger partial charge is 0.302 e. The first-order chi connectivity index (χ1) is 14.3. The lowest BCUT2D eigenvalue weighted by atomic mass is 10.2. The monoisotopic (exact) mass is 467 g/mol. The minimum Gasteiger partial charge on any atom is -0.302 e. The Kier molecular flexibility index (Phi) is 7.05. The van der Waals surface area contributed by atoms with Crippen molar-refractivity contribution in [3.05, 3.63) is 29.3 Å². The Bertz CT molecular complexity index is 1120. The zero-order chi connectivity index (χ0) is 21.7. The highest BCUT2D eigenvalue weighted by Gasteiger charge is 2.16. The summed E-state index contributed by atoms with van der Waals surface area (Å²) in [5.74, 6) is 0.612. The highest BCUT2D eigenvalue weighted by atomic mass is 32.2. The first-order valence-electron chi connectivity index (χ1n) is 9.05. The Labute approximate surface area is 182 Å². The first kappa shape index (κ1) is 22.2. The van der Waals surface area contributed by atoms with E-state index in [0.29, 0.717) is 28.3 Å². The number of aromatic nitrogens is 5. The molecule has 1 amide bonds. The van der Waals surface area contributed by atoms with Crippen molar-refractivity contribution in [3.63, 3.8) is 0 Å². The molecule has 0 aliphatic carbocycles. The van der Waals surface area contributed by atoms with Crippen LogP contribution in [0.15, 0.2) is 29.4 Å². The Morgan fingerprint density at radius 3 is 2.47 bits per heavy atom. The molecule has 0 radical (unpaired) electrons. The minimum atomic E-state index is -3.33. The van der Waals surface area contributed by atoms with Gasteiger partial charge in [0.1, 0.15) is 5.01 Å². The van der Waals surface area contributed by atoms with Crippen LogP contribution in [0.2, 0.25) is 0 Å². The molecule has 0 bridgehead atoms. The average Bonchev–Trinajstić information content (AvgIpc) is 3.32. The normalized spacial score (nSPS) is 11.4. The van der Waals surface area contributed by atoms with Crippen LogP contribution in [0.5, 0.6) is 0 Å². The summed E-state index contributed by atoms with van der Waals surface area (Å²) in [6, 6.07) is 6.87. The summed E-state index contributed by atoms with van der Waals surface area (Å²) in [6.45, 7) is 4.56. The Morgan fingerprint density at radius 1 is 1.13 bits per heavy atom. The van der Waals surface area contributed by atoms with E-state index in [-0.39, 0.29) is 11.7 Å². The van der Waals surface area contributed by atoms with E-state index in [1.165, 1.54) is 23.1 Å². The maximum absolute atomic E-state index is 12.2. The second-order valence-electron chi connectivity index (χ2n) is 6.19. The van der Waals surface area contributed by atoms with Gasteiger partial charge in [0.15, 0.2) is 11.0 Å². The number of hydrogen-bond acceptors (Lipinski definition) is 9. The zero-order valence-corrected chi connectivity index (χ0v) is 19.1. The Hall–Kier alpha value is -2.51. The summed E-state index contributed by atoms with van der Waals surface area (Å²) in [5.41, 5.74) is 1.26. The predicted octanol–water partition coefficient (Wildman–Crippen LogP) is 2.48. The van der Waals surface area contributed by atoms with E-state index < -0.39 is 10.0 Å². The Balaban J connectivity index is 1.67. The van der Waals surface area contributed by atoms with Crippen molar-refractivity contribution in [2.45, 2.75) is 32.0 Å². The lowest BCUT2D eigenvalue weighted by Crippen LogP contribution is -2.14. The van der Waals surface area contributed by atoms with E-state index in [2.05, 4.69) is 30.4 Å². The summed E-state index contributed by atoms with van der Waals surface area (Å²) in [4.78, 5) is 12.2. The van der Waals surface area contributed by atoms with Crippen LogP contribution in [0.25, 0.3) is 11.4 Å². The van der Waals surface area contributed by atoms with Crippen LogP contribution >= 0.6 is 23.1 Å². The smallest absolute Gasteiger partial charge is 0.236 e. The number of sulfonamides is 1. The number of anilines is 2. The number of carbonyl (C=O) groups is 1. The Morgan fingerprint density at radius 2 is 1.87 bits per heavy atom. The predicted molar refractivity (Wildman–Crippen MR) is 118 cm³/mol. The van der Waals surface area contributed by atoms with Crippen LogP contribution in [-0.4, -0.2) is 51.3 Å². The molecule has 3 rings (SSSR count). The summed E-state index contributed by atoms with van der Waals surface area (Å²) in [5, 5.41) is 21.1. The highest BCUT2D eigenvalue weighted by Crippen LogP contribution is 2.25. The third-order valence-electron chi connectivity index (χ3n) is 3.83. The molecule has 0 spiro atoms. The van der Waals surface area contributed by atoms with Gasteiger partial charge < -0.3 is 4.57 Å². The van der Waals surface area contributed by atoms with Crippen molar-refractivity contribution in [2.75, 3.05) is 22.0 Å². The van der Waals surface area contributed by atoms with Crippen molar-refractivity contribution in [1.82, 2.24) is 25.0 Å². The maximum atomic E-state index is 12.2. The van der Waals surface area contributed by atoms with Crippen LogP contribution in [0.3, 0.4) is 0 Å². The molecule has 13 heteroatoms. The molecule has 10 nitrogen and oxygen atoms in total. The van der Waals surface area contributed by atoms with E-state index >= 15 is 0 Å². The zero-order valence-electron chi connectivity index (χ0n) is 16.6. The van der Waals surface area contributed by atoms with Gasteiger partial charge in [-0.1, -0.05) is 30.0 Å². The molecule has 0 saturated heterocycles. The lowest BCUT2D eigenvalue weighted by molar-refractivity contribution is -0.113. The third-order valence-corrected chi connectivity index (χ3v) is 6.38. The third kappa shape index (κ3) is 5.77. The molecular formula is C17H21N7O3S3. The lowest BCUT2D eigenvalue weighted by Gasteiger charge is -2.08. The van der Waals surface area contributed by atoms with Gasteiger partial charge in [-0.2, -0.15) is 0 Å². The van der Waals surface area contributed by atoms with Gasteiger partial charge in [0.2, 0.25) is 21.1 Å². The highest BCUT2D eigenvalue weighted by molar-refractivity contribution is 7.99. The molecule has 0 atom stereocenters. The number of rotatable bonds is 9. The summed E-state index contributed by atoms with van der Waals surface area (Å²) < 4.78 is 27.0. The van der Waals surface area contributed by atoms with Gasteiger partial charge in [0, 0.05) is 17.8 Å². The molecule has 0 aliphatic heterocycles. The van der Waals surface area contributed by atoms with E-state index in [1.54, 1.807) is 24.3 Å². The summed E-state index contributed by atoms with van der Waals surface area (Å²) >= 11 is 2.64. The van der Waals surface area contributed by atoms with Crippen molar-refractivity contribution < 1.29 is 13.2 Å². The van der Waals surface area contributed by atoms with Crippen molar-refractivity contribution in [1.29, 1.82) is 0 Å². The molecule has 1 aromatic carbocycles. The van der Waals surface area contributed by atoms with E-state index in [4.69, 9.17) is 0 Å². The topological polar surface area (TPSA) is 132 Å². The second kappa shape index (κ2) is 9.53. The SMILES string of the molecule is CCc1nnc(NC(=O)CSc2nnc(-c3ccc(NS(C)(=O)=O)cc3)n2CC)s1. The van der Waals surface area contributed by atoms with E-state index in [0.717, 1.165) is 23.2 Å². The van der Waals surface area contributed by atoms with Crippen LogP contribution in [-0.2, 0) is 27.8 Å². The van der Waals surface area contributed by atoms with Crippen molar-refractivity contribution >= 4 is 49.8 Å². The molecule has 160 valence electrons. The molecule has 2 N–H and O–H groups in total. The van der Waals surface area contributed by atoms with Crippen LogP contribution in [0, 0.1) is 0 Å². The fourth-order valence-corrected chi connectivity index (χ4v) is 4.59. The molecular weight excluding hydrogens is 446 g/mol. The number of thioether (sulfide) groups is 1. The number of carbonyl (C=O) groups excluding carboxylic acids is 1. The van der Waals surface area contributed by atoms with Gasteiger partial charge in [-0.15, -0.1) is 20.4 Å². The van der Waals surface area contributed by atoms with Crippen LogP contribution < -0.4 is 10.0 Å². The van der Waals surface area contributed by atoms with Crippen LogP contribution in [0.1, 0.15) is 18.9 Å². The number of amides is 1. The van der Waals surface area contributed by atoms with Crippen molar-refractivity contribution in [3.8, 4) is 11.4 Å². The first-order valence-corrected chi connectivity index (χ1v) is 12.7. The molecule has 0 saturated carbocycles. The standard InChI is InChI=1S/C17H21N7O3S3/c1-4-14-19-21-16(29-14)18-13(25)10-28-17-22-20-15(24(17)5-2)11-6-8-12(9-7-11)23-30(3,26)27/h6-9,23H,4-5,10H2,1-3H3,(H,18,21,25). The summed E-state index contributed by atoms with van der Waals surface area (Å²) in [7, 11) is -3.33. The van der Waals surface area contributed by atoms with Gasteiger partial charge in [-0.3, -0.25) is 14.8 Å².